The van der Waals surface area contributed by atoms with Crippen molar-refractivity contribution in [1.82, 2.24) is 10.6 Å². The molecule has 0 atom stereocenters. The normalized spacial score (nSPS) is 9.96. The van der Waals surface area contributed by atoms with Crippen molar-refractivity contribution in [3.05, 3.63) is 70.7 Å². The first-order valence-electron chi connectivity index (χ1n) is 7.54. The van der Waals surface area contributed by atoms with Crippen LogP contribution in [0, 0.1) is 0 Å². The Bertz CT molecular complexity index is 750. The molecule has 2 aromatic rings. The van der Waals surface area contributed by atoms with Crippen LogP contribution >= 0.6 is 11.6 Å². The molecule has 0 bridgehead atoms. The molecule has 0 aliphatic rings. The molecule has 25 heavy (non-hydrogen) atoms. The van der Waals surface area contributed by atoms with Gasteiger partial charge < -0.3 is 15.4 Å². The molecule has 130 valence electrons. The maximum absolute atomic E-state index is 11.9. The summed E-state index contributed by atoms with van der Waals surface area (Å²) in [6, 6.07) is 15.6. The van der Waals surface area contributed by atoms with Gasteiger partial charge in [-0.25, -0.2) is 0 Å². The number of rotatable bonds is 7. The fraction of sp³-hybridized carbons (Fsp3) is 0.167. The first-order valence-corrected chi connectivity index (χ1v) is 7.92. The molecular formula is C18H17ClN2O4. The van der Waals surface area contributed by atoms with Crippen LogP contribution in [0.25, 0.3) is 0 Å². The lowest BCUT2D eigenvalue weighted by Gasteiger charge is -2.08. The number of esters is 1. The summed E-state index contributed by atoms with van der Waals surface area (Å²) in [5, 5.41) is 5.26. The Morgan fingerprint density at radius 3 is 2.40 bits per heavy atom. The summed E-state index contributed by atoms with van der Waals surface area (Å²) in [5.74, 6) is -1.48. The van der Waals surface area contributed by atoms with Gasteiger partial charge in [0.2, 0.25) is 5.91 Å². The molecule has 0 aromatic heterocycles. The molecule has 6 nitrogen and oxygen atoms in total. The number of nitrogens with one attached hydrogen (secondary N) is 2. The Morgan fingerprint density at radius 2 is 1.68 bits per heavy atom. The quantitative estimate of drug-likeness (QED) is 0.739. The summed E-state index contributed by atoms with van der Waals surface area (Å²) in [5.41, 5.74) is 1.21. The SMILES string of the molecule is O=C(CNC(=O)c1cccc(Cl)c1)NCC(=O)OCc1ccccc1. The Hall–Kier alpha value is -2.86. The van der Waals surface area contributed by atoms with Crippen LogP contribution < -0.4 is 10.6 Å². The molecule has 2 amide bonds. The van der Waals surface area contributed by atoms with Gasteiger partial charge in [-0.1, -0.05) is 48.0 Å². The predicted octanol–water partition coefficient (Wildman–Crippen LogP) is 1.93. The minimum Gasteiger partial charge on any atom is -0.460 e. The van der Waals surface area contributed by atoms with Gasteiger partial charge in [-0.3, -0.25) is 14.4 Å². The zero-order valence-corrected chi connectivity index (χ0v) is 14.1. The van der Waals surface area contributed by atoms with E-state index < -0.39 is 17.8 Å². The van der Waals surface area contributed by atoms with E-state index in [4.69, 9.17) is 16.3 Å². The second kappa shape index (κ2) is 9.44. The van der Waals surface area contributed by atoms with E-state index in [-0.39, 0.29) is 19.7 Å². The molecule has 0 radical (unpaired) electrons. The summed E-state index contributed by atoms with van der Waals surface area (Å²) in [7, 11) is 0. The van der Waals surface area contributed by atoms with Crippen molar-refractivity contribution in [2.45, 2.75) is 6.61 Å². The van der Waals surface area contributed by atoms with Crippen molar-refractivity contribution in [2.75, 3.05) is 13.1 Å². The number of carbonyl (C=O) groups excluding carboxylic acids is 3. The number of hydrogen-bond donors (Lipinski definition) is 2. The van der Waals surface area contributed by atoms with E-state index in [0.29, 0.717) is 10.6 Å². The molecule has 0 heterocycles. The van der Waals surface area contributed by atoms with Crippen LogP contribution in [0.3, 0.4) is 0 Å². The zero-order valence-electron chi connectivity index (χ0n) is 13.3. The van der Waals surface area contributed by atoms with Gasteiger partial charge in [-0.15, -0.1) is 0 Å². The third-order valence-corrected chi connectivity index (χ3v) is 3.40. The fourth-order valence-corrected chi connectivity index (χ4v) is 2.10. The van der Waals surface area contributed by atoms with Crippen molar-refractivity contribution in [3.8, 4) is 0 Å². The molecule has 0 fully saturated rings. The van der Waals surface area contributed by atoms with Gasteiger partial charge in [0.1, 0.15) is 13.2 Å². The van der Waals surface area contributed by atoms with Gasteiger partial charge in [0.15, 0.2) is 0 Å². The summed E-state index contributed by atoms with van der Waals surface area (Å²) >= 11 is 5.80. The zero-order chi connectivity index (χ0) is 18.1. The second-order valence-electron chi connectivity index (χ2n) is 5.12. The van der Waals surface area contributed by atoms with Crippen LogP contribution in [0.2, 0.25) is 5.02 Å². The topological polar surface area (TPSA) is 84.5 Å². The van der Waals surface area contributed by atoms with Crippen LogP contribution in [0.4, 0.5) is 0 Å². The molecular weight excluding hydrogens is 344 g/mol. The van der Waals surface area contributed by atoms with Gasteiger partial charge in [-0.2, -0.15) is 0 Å². The number of benzene rings is 2. The third kappa shape index (κ3) is 6.64. The maximum atomic E-state index is 11.9. The summed E-state index contributed by atoms with van der Waals surface area (Å²) in [6.45, 7) is -0.378. The highest BCUT2D eigenvalue weighted by molar-refractivity contribution is 6.30. The van der Waals surface area contributed by atoms with Crippen molar-refractivity contribution in [3.63, 3.8) is 0 Å². The molecule has 2 N–H and O–H groups in total. The van der Waals surface area contributed by atoms with E-state index >= 15 is 0 Å². The number of carbonyl (C=O) groups is 3. The van der Waals surface area contributed by atoms with Gasteiger partial charge >= 0.3 is 5.97 Å². The van der Waals surface area contributed by atoms with Crippen LogP contribution in [0.5, 0.6) is 0 Å². The smallest absolute Gasteiger partial charge is 0.325 e. The van der Waals surface area contributed by atoms with Crippen LogP contribution in [0.1, 0.15) is 15.9 Å². The minimum absolute atomic E-state index is 0.140. The molecule has 2 rings (SSSR count). The third-order valence-electron chi connectivity index (χ3n) is 3.17. The lowest BCUT2D eigenvalue weighted by Crippen LogP contribution is -2.39. The van der Waals surface area contributed by atoms with Gasteiger partial charge in [0.05, 0.1) is 6.54 Å². The first-order chi connectivity index (χ1) is 12.0. The van der Waals surface area contributed by atoms with E-state index in [2.05, 4.69) is 10.6 Å². The van der Waals surface area contributed by atoms with E-state index in [0.717, 1.165) is 5.56 Å². The van der Waals surface area contributed by atoms with Crippen molar-refractivity contribution in [1.29, 1.82) is 0 Å². The maximum Gasteiger partial charge on any atom is 0.325 e. The fourth-order valence-electron chi connectivity index (χ4n) is 1.91. The van der Waals surface area contributed by atoms with Crippen molar-refractivity contribution >= 4 is 29.4 Å². The standard InChI is InChI=1S/C18H17ClN2O4/c19-15-8-4-7-14(9-15)18(24)21-10-16(22)20-11-17(23)25-12-13-5-2-1-3-6-13/h1-9H,10-12H2,(H,20,22)(H,21,24). The Balaban J connectivity index is 1.66. The average Bonchev–Trinajstić information content (AvgIpc) is 2.63. The van der Waals surface area contributed by atoms with E-state index in [1.54, 1.807) is 18.2 Å². The second-order valence-corrected chi connectivity index (χ2v) is 5.55. The minimum atomic E-state index is -0.557. The Kier molecular flexibility index (Phi) is 6.98. The molecule has 0 aliphatic heterocycles. The molecule has 2 aromatic carbocycles. The Labute approximate surface area is 150 Å². The number of halogens is 1. The largest absolute Gasteiger partial charge is 0.460 e. The predicted molar refractivity (Wildman–Crippen MR) is 93.0 cm³/mol. The summed E-state index contributed by atoms with van der Waals surface area (Å²) in [6.07, 6.45) is 0. The van der Waals surface area contributed by atoms with E-state index in [1.807, 2.05) is 30.3 Å². The lowest BCUT2D eigenvalue weighted by molar-refractivity contribution is -0.145. The number of amides is 2. The molecule has 0 saturated carbocycles. The van der Waals surface area contributed by atoms with Crippen LogP contribution in [-0.2, 0) is 20.9 Å². The number of hydrogen-bond acceptors (Lipinski definition) is 4. The molecule has 0 unspecified atom stereocenters. The monoisotopic (exact) mass is 360 g/mol. The van der Waals surface area contributed by atoms with Crippen LogP contribution in [-0.4, -0.2) is 30.9 Å². The van der Waals surface area contributed by atoms with Crippen molar-refractivity contribution < 1.29 is 19.1 Å². The van der Waals surface area contributed by atoms with Gasteiger partial charge in [0, 0.05) is 10.6 Å². The van der Waals surface area contributed by atoms with E-state index in [9.17, 15) is 14.4 Å². The van der Waals surface area contributed by atoms with Gasteiger partial charge in [-0.05, 0) is 23.8 Å². The summed E-state index contributed by atoms with van der Waals surface area (Å²) in [4.78, 5) is 35.1. The summed E-state index contributed by atoms with van der Waals surface area (Å²) < 4.78 is 5.03. The highest BCUT2D eigenvalue weighted by Gasteiger charge is 2.10. The Morgan fingerprint density at radius 1 is 0.920 bits per heavy atom. The van der Waals surface area contributed by atoms with E-state index in [1.165, 1.54) is 6.07 Å². The molecule has 0 saturated heterocycles. The highest BCUT2D eigenvalue weighted by atomic mass is 35.5. The highest BCUT2D eigenvalue weighted by Crippen LogP contribution is 2.10. The first kappa shape index (κ1) is 18.5. The molecule has 7 heteroatoms. The molecule has 0 spiro atoms. The van der Waals surface area contributed by atoms with Gasteiger partial charge in [0.25, 0.3) is 5.91 Å². The average molecular weight is 361 g/mol. The van der Waals surface area contributed by atoms with Crippen molar-refractivity contribution in [2.24, 2.45) is 0 Å². The number of ether oxygens (including phenoxy) is 1. The lowest BCUT2D eigenvalue weighted by atomic mass is 10.2. The molecule has 0 aliphatic carbocycles. The van der Waals surface area contributed by atoms with Crippen LogP contribution in [0.15, 0.2) is 54.6 Å².